The number of rotatable bonds is 6. The highest BCUT2D eigenvalue weighted by molar-refractivity contribution is 5.90. The molecule has 0 aromatic rings. The van der Waals surface area contributed by atoms with E-state index in [9.17, 15) is 9.90 Å². The van der Waals surface area contributed by atoms with Crippen LogP contribution in [0.4, 0.5) is 0 Å². The van der Waals surface area contributed by atoms with Gasteiger partial charge in [-0.25, -0.2) is 0 Å². The van der Waals surface area contributed by atoms with E-state index in [1.807, 2.05) is 20.8 Å². The number of allylic oxidation sites excluding steroid dienone is 1. The van der Waals surface area contributed by atoms with Crippen LogP contribution in [0.15, 0.2) is 12.7 Å². The maximum Gasteiger partial charge on any atom is 0.157 e. The van der Waals surface area contributed by atoms with E-state index in [4.69, 9.17) is 0 Å². The first-order chi connectivity index (χ1) is 6.02. The first-order valence-electron chi connectivity index (χ1n) is 4.87. The summed E-state index contributed by atoms with van der Waals surface area (Å²) in [4.78, 5) is 11.2. The third-order valence-corrected chi connectivity index (χ3v) is 2.49. The molecule has 0 saturated heterocycles. The number of aliphatic hydroxyl groups is 1. The highest BCUT2D eigenvalue weighted by Crippen LogP contribution is 2.18. The van der Waals surface area contributed by atoms with Crippen LogP contribution in [0.1, 0.15) is 33.6 Å². The van der Waals surface area contributed by atoms with Crippen LogP contribution in [0.3, 0.4) is 0 Å². The molecule has 0 unspecified atom stereocenters. The predicted molar refractivity (Wildman–Crippen MR) is 54.4 cm³/mol. The molecule has 2 nitrogen and oxygen atoms in total. The number of carbonyl (C=O) groups excluding carboxylic acids is 1. The largest absolute Gasteiger partial charge is 0.393 e. The van der Waals surface area contributed by atoms with Crippen molar-refractivity contribution in [2.24, 2.45) is 11.8 Å². The maximum atomic E-state index is 11.2. The highest BCUT2D eigenvalue weighted by atomic mass is 16.3. The Labute approximate surface area is 80.7 Å². The van der Waals surface area contributed by atoms with E-state index >= 15 is 0 Å². The van der Waals surface area contributed by atoms with E-state index in [0.717, 1.165) is 12.8 Å². The van der Waals surface area contributed by atoms with Crippen molar-refractivity contribution >= 4 is 5.78 Å². The summed E-state index contributed by atoms with van der Waals surface area (Å²) in [5, 5.41) is 9.49. The number of ketones is 1. The van der Waals surface area contributed by atoms with Gasteiger partial charge in [-0.05, 0) is 24.8 Å². The first kappa shape index (κ1) is 12.4. The second-order valence-corrected chi connectivity index (χ2v) is 3.70. The molecule has 76 valence electrons. The van der Waals surface area contributed by atoms with E-state index in [0.29, 0.717) is 0 Å². The predicted octanol–water partition coefficient (Wildman–Crippen LogP) is 2.17. The summed E-state index contributed by atoms with van der Waals surface area (Å²) in [5.74, 6) is 0.229. The molecule has 0 aromatic carbocycles. The molecule has 0 rings (SSSR count). The van der Waals surface area contributed by atoms with Crippen molar-refractivity contribution in [3.05, 3.63) is 12.7 Å². The fourth-order valence-corrected chi connectivity index (χ4v) is 1.43. The Kier molecular flexibility index (Phi) is 5.63. The molecule has 1 N–H and O–H groups in total. The lowest BCUT2D eigenvalue weighted by atomic mass is 9.89. The normalized spacial score (nSPS) is 17.5. The van der Waals surface area contributed by atoms with Crippen LogP contribution in [0, 0.1) is 11.8 Å². The first-order valence-corrected chi connectivity index (χ1v) is 4.87. The second kappa shape index (κ2) is 5.92. The van der Waals surface area contributed by atoms with E-state index in [1.165, 1.54) is 6.08 Å². The lowest BCUT2D eigenvalue weighted by Crippen LogP contribution is -2.21. The summed E-state index contributed by atoms with van der Waals surface area (Å²) in [6, 6.07) is 0. The number of carbonyl (C=O) groups is 1. The van der Waals surface area contributed by atoms with Crippen molar-refractivity contribution in [1.29, 1.82) is 0 Å². The van der Waals surface area contributed by atoms with Crippen LogP contribution in [0.5, 0.6) is 0 Å². The van der Waals surface area contributed by atoms with Gasteiger partial charge in [0, 0.05) is 5.92 Å². The lowest BCUT2D eigenvalue weighted by Gasteiger charge is -2.19. The van der Waals surface area contributed by atoms with E-state index < -0.39 is 0 Å². The standard InChI is InChI=1S/C11H20O2/c1-5-10(12)8(3)7-9(4)11(13)6-2/h5,8-9,11,13H,1,6-7H2,2-4H3/t8-,9-,11-/m1/s1. The summed E-state index contributed by atoms with van der Waals surface area (Å²) < 4.78 is 0. The van der Waals surface area contributed by atoms with Gasteiger partial charge in [-0.1, -0.05) is 27.4 Å². The second-order valence-electron chi connectivity index (χ2n) is 3.70. The summed E-state index contributed by atoms with van der Waals surface area (Å²) in [6.07, 6.45) is 2.55. The molecule has 2 heteroatoms. The SMILES string of the molecule is C=CC(=O)[C@H](C)C[C@@H](C)[C@H](O)CC. The molecule has 0 spiro atoms. The number of hydrogen-bond acceptors (Lipinski definition) is 2. The minimum Gasteiger partial charge on any atom is -0.393 e. The third-order valence-electron chi connectivity index (χ3n) is 2.49. The molecule has 0 radical (unpaired) electrons. The van der Waals surface area contributed by atoms with Gasteiger partial charge in [0.15, 0.2) is 5.78 Å². The monoisotopic (exact) mass is 184 g/mol. The van der Waals surface area contributed by atoms with Crippen molar-refractivity contribution in [2.45, 2.75) is 39.7 Å². The smallest absolute Gasteiger partial charge is 0.157 e. The molecule has 0 fully saturated rings. The van der Waals surface area contributed by atoms with E-state index in [1.54, 1.807) is 0 Å². The van der Waals surface area contributed by atoms with Crippen molar-refractivity contribution in [3.8, 4) is 0 Å². The molecular weight excluding hydrogens is 164 g/mol. The Hall–Kier alpha value is -0.630. The third kappa shape index (κ3) is 4.23. The Morgan fingerprint density at radius 2 is 2.08 bits per heavy atom. The van der Waals surface area contributed by atoms with Gasteiger partial charge in [0.1, 0.15) is 0 Å². The zero-order valence-corrected chi connectivity index (χ0v) is 8.79. The van der Waals surface area contributed by atoms with Crippen LogP contribution in [0.2, 0.25) is 0 Å². The van der Waals surface area contributed by atoms with E-state index in [-0.39, 0.29) is 23.7 Å². The zero-order chi connectivity index (χ0) is 10.4. The average molecular weight is 184 g/mol. The average Bonchev–Trinajstić information content (AvgIpc) is 2.14. The molecule has 0 aliphatic carbocycles. The van der Waals surface area contributed by atoms with Gasteiger partial charge in [0.25, 0.3) is 0 Å². The highest BCUT2D eigenvalue weighted by Gasteiger charge is 2.18. The molecule has 0 aliphatic rings. The van der Waals surface area contributed by atoms with Crippen LogP contribution in [-0.4, -0.2) is 17.0 Å². The number of hydrogen-bond donors (Lipinski definition) is 1. The van der Waals surface area contributed by atoms with Crippen molar-refractivity contribution in [3.63, 3.8) is 0 Å². The van der Waals surface area contributed by atoms with Gasteiger partial charge < -0.3 is 5.11 Å². The summed E-state index contributed by atoms with van der Waals surface area (Å²) in [7, 11) is 0. The Morgan fingerprint density at radius 1 is 1.54 bits per heavy atom. The van der Waals surface area contributed by atoms with Crippen molar-refractivity contribution in [2.75, 3.05) is 0 Å². The molecule has 13 heavy (non-hydrogen) atoms. The summed E-state index contributed by atoms with van der Waals surface area (Å²) in [5.41, 5.74) is 0. The Balaban J connectivity index is 3.97. The van der Waals surface area contributed by atoms with Crippen LogP contribution in [0.25, 0.3) is 0 Å². The topological polar surface area (TPSA) is 37.3 Å². The fourth-order valence-electron chi connectivity index (χ4n) is 1.43. The minimum atomic E-state index is -0.292. The molecule has 0 amide bonds. The molecular formula is C11H20O2. The van der Waals surface area contributed by atoms with Gasteiger partial charge >= 0.3 is 0 Å². The number of aliphatic hydroxyl groups excluding tert-OH is 1. The molecule has 0 heterocycles. The van der Waals surface area contributed by atoms with Crippen LogP contribution >= 0.6 is 0 Å². The quantitative estimate of drug-likeness (QED) is 0.642. The summed E-state index contributed by atoms with van der Waals surface area (Å²) >= 11 is 0. The maximum absolute atomic E-state index is 11.2. The zero-order valence-electron chi connectivity index (χ0n) is 8.79. The molecule has 0 aliphatic heterocycles. The van der Waals surface area contributed by atoms with Crippen molar-refractivity contribution in [1.82, 2.24) is 0 Å². The Morgan fingerprint density at radius 3 is 2.46 bits per heavy atom. The van der Waals surface area contributed by atoms with E-state index in [2.05, 4.69) is 6.58 Å². The van der Waals surface area contributed by atoms with Gasteiger partial charge in [-0.15, -0.1) is 0 Å². The van der Waals surface area contributed by atoms with Crippen LogP contribution < -0.4 is 0 Å². The van der Waals surface area contributed by atoms with Crippen LogP contribution in [-0.2, 0) is 4.79 Å². The lowest BCUT2D eigenvalue weighted by molar-refractivity contribution is -0.118. The molecule has 0 aromatic heterocycles. The Bertz CT molecular complexity index is 175. The molecule has 0 saturated carbocycles. The van der Waals surface area contributed by atoms with Gasteiger partial charge in [-0.3, -0.25) is 4.79 Å². The van der Waals surface area contributed by atoms with Gasteiger partial charge in [0.05, 0.1) is 6.10 Å². The van der Waals surface area contributed by atoms with Crippen molar-refractivity contribution < 1.29 is 9.90 Å². The minimum absolute atomic E-state index is 0.0197. The van der Waals surface area contributed by atoms with Gasteiger partial charge in [-0.2, -0.15) is 0 Å². The molecule has 0 bridgehead atoms. The fraction of sp³-hybridized carbons (Fsp3) is 0.727. The molecule has 3 atom stereocenters. The summed E-state index contributed by atoms with van der Waals surface area (Å²) in [6.45, 7) is 9.24. The van der Waals surface area contributed by atoms with Gasteiger partial charge in [0.2, 0.25) is 0 Å².